The van der Waals surface area contributed by atoms with Crippen LogP contribution in [0.5, 0.6) is 0 Å². The Morgan fingerprint density at radius 2 is 1.88 bits per heavy atom. The standard InChI is InChI=1S/C31H36N8O/c1-19(2)27-18-35-39-29(27)37-30(36-23-9-11-24(40-3)12-10-23)38-31(39)34-17-21-6-4-5-7-25(21)28-26-13-8-22(32)16-20(26)14-15-33-28/h4-8,13-16,18-19,23-24H,9-12,17,32H2,1-3H3,(H2,34,36,37,38). The molecule has 2 aromatic carbocycles. The van der Waals surface area contributed by atoms with Crippen molar-refractivity contribution in [2.24, 2.45) is 0 Å². The Morgan fingerprint density at radius 3 is 2.67 bits per heavy atom. The van der Waals surface area contributed by atoms with Gasteiger partial charge in [-0.15, -0.1) is 0 Å². The molecule has 5 aromatic rings. The second-order valence-electron chi connectivity index (χ2n) is 10.9. The molecule has 0 bridgehead atoms. The predicted octanol–water partition coefficient (Wildman–Crippen LogP) is 6.03. The molecular weight excluding hydrogens is 500 g/mol. The molecule has 0 aliphatic heterocycles. The van der Waals surface area contributed by atoms with Crippen molar-refractivity contribution in [3.8, 4) is 11.3 Å². The van der Waals surface area contributed by atoms with E-state index in [2.05, 4.69) is 41.7 Å². The number of nitrogens with two attached hydrogens (primary N) is 1. The molecule has 40 heavy (non-hydrogen) atoms. The molecule has 0 amide bonds. The van der Waals surface area contributed by atoms with Crippen LogP contribution in [0, 0.1) is 0 Å². The first-order valence-corrected chi connectivity index (χ1v) is 14.0. The van der Waals surface area contributed by atoms with E-state index in [1.165, 1.54) is 0 Å². The topological polar surface area (TPSA) is 115 Å². The van der Waals surface area contributed by atoms with Crippen LogP contribution in [0.3, 0.4) is 0 Å². The fourth-order valence-corrected chi connectivity index (χ4v) is 5.60. The van der Waals surface area contributed by atoms with Gasteiger partial charge in [-0.1, -0.05) is 44.2 Å². The minimum absolute atomic E-state index is 0.289. The summed E-state index contributed by atoms with van der Waals surface area (Å²) in [5, 5.41) is 13.9. The molecule has 3 aromatic heterocycles. The molecule has 0 saturated heterocycles. The molecule has 1 aliphatic rings. The van der Waals surface area contributed by atoms with Gasteiger partial charge >= 0.3 is 0 Å². The van der Waals surface area contributed by atoms with Gasteiger partial charge in [-0.2, -0.15) is 19.6 Å². The van der Waals surface area contributed by atoms with E-state index in [1.54, 1.807) is 7.11 Å². The van der Waals surface area contributed by atoms with Crippen LogP contribution in [0.4, 0.5) is 17.6 Å². The number of rotatable bonds is 8. The minimum Gasteiger partial charge on any atom is -0.399 e. The van der Waals surface area contributed by atoms with Crippen molar-refractivity contribution >= 4 is 34.0 Å². The number of hydrogen-bond acceptors (Lipinski definition) is 8. The summed E-state index contributed by atoms with van der Waals surface area (Å²) in [6, 6.07) is 16.6. The summed E-state index contributed by atoms with van der Waals surface area (Å²) in [4.78, 5) is 14.5. The molecule has 3 heterocycles. The molecule has 0 radical (unpaired) electrons. The zero-order valence-electron chi connectivity index (χ0n) is 23.3. The molecule has 1 aliphatic carbocycles. The lowest BCUT2D eigenvalue weighted by atomic mass is 9.93. The van der Waals surface area contributed by atoms with Crippen LogP contribution in [0.25, 0.3) is 27.7 Å². The van der Waals surface area contributed by atoms with Crippen molar-refractivity contribution in [2.75, 3.05) is 23.5 Å². The number of methoxy groups -OCH3 is 1. The first-order chi connectivity index (χ1) is 19.5. The van der Waals surface area contributed by atoms with E-state index in [0.29, 0.717) is 30.6 Å². The lowest BCUT2D eigenvalue weighted by Crippen LogP contribution is -2.30. The Hall–Kier alpha value is -4.24. The van der Waals surface area contributed by atoms with E-state index >= 15 is 0 Å². The molecular formula is C31H36N8O. The van der Waals surface area contributed by atoms with Gasteiger partial charge in [-0.05, 0) is 60.7 Å². The molecule has 1 fully saturated rings. The number of aromatic nitrogens is 5. The molecule has 0 unspecified atom stereocenters. The number of ether oxygens (including phenoxy) is 1. The van der Waals surface area contributed by atoms with Gasteiger partial charge in [-0.25, -0.2) is 0 Å². The number of benzene rings is 2. The van der Waals surface area contributed by atoms with Gasteiger partial charge < -0.3 is 21.1 Å². The highest BCUT2D eigenvalue weighted by Crippen LogP contribution is 2.31. The van der Waals surface area contributed by atoms with Crippen molar-refractivity contribution in [1.29, 1.82) is 0 Å². The molecule has 0 atom stereocenters. The highest BCUT2D eigenvalue weighted by molar-refractivity contribution is 5.96. The maximum Gasteiger partial charge on any atom is 0.229 e. The lowest BCUT2D eigenvalue weighted by Gasteiger charge is -2.28. The molecule has 1 saturated carbocycles. The highest BCUT2D eigenvalue weighted by atomic mass is 16.5. The third-order valence-corrected chi connectivity index (χ3v) is 7.86. The Bertz CT molecular complexity index is 1640. The largest absolute Gasteiger partial charge is 0.399 e. The van der Waals surface area contributed by atoms with Crippen LogP contribution in [0.15, 0.2) is 60.9 Å². The third kappa shape index (κ3) is 5.16. The Balaban J connectivity index is 1.32. The van der Waals surface area contributed by atoms with E-state index in [4.69, 9.17) is 25.4 Å². The normalized spacial score (nSPS) is 17.5. The average Bonchev–Trinajstić information content (AvgIpc) is 3.40. The quantitative estimate of drug-likeness (QED) is 0.206. The number of fused-ring (bicyclic) bond motifs is 2. The van der Waals surface area contributed by atoms with Crippen LogP contribution in [-0.2, 0) is 11.3 Å². The summed E-state index contributed by atoms with van der Waals surface area (Å²) >= 11 is 0. The van der Waals surface area contributed by atoms with Crippen molar-refractivity contribution in [3.63, 3.8) is 0 Å². The van der Waals surface area contributed by atoms with Crippen LogP contribution in [0.1, 0.15) is 56.6 Å². The Kier molecular flexibility index (Phi) is 7.21. The molecule has 9 heteroatoms. The molecule has 206 valence electrons. The van der Waals surface area contributed by atoms with E-state index in [0.717, 1.165) is 70.2 Å². The molecule has 0 spiro atoms. The van der Waals surface area contributed by atoms with E-state index in [9.17, 15) is 0 Å². The Morgan fingerprint density at radius 1 is 1.05 bits per heavy atom. The van der Waals surface area contributed by atoms with Gasteiger partial charge in [0.05, 0.1) is 18.0 Å². The van der Waals surface area contributed by atoms with Crippen molar-refractivity contribution in [1.82, 2.24) is 24.6 Å². The average molecular weight is 537 g/mol. The Labute approximate surface area is 234 Å². The van der Waals surface area contributed by atoms with E-state index < -0.39 is 0 Å². The van der Waals surface area contributed by atoms with Gasteiger partial charge in [0, 0.05) is 48.1 Å². The third-order valence-electron chi connectivity index (χ3n) is 7.86. The first-order valence-electron chi connectivity index (χ1n) is 14.0. The number of pyridine rings is 1. The van der Waals surface area contributed by atoms with Crippen LogP contribution < -0.4 is 16.4 Å². The van der Waals surface area contributed by atoms with Gasteiger partial charge in [-0.3, -0.25) is 4.98 Å². The summed E-state index contributed by atoms with van der Waals surface area (Å²) < 4.78 is 7.36. The fraction of sp³-hybridized carbons (Fsp3) is 0.355. The SMILES string of the molecule is COC1CCC(Nc2nc(NCc3ccccc3-c3nccc4cc(N)ccc34)n3ncc(C(C)C)c3n2)CC1. The number of nitrogens with one attached hydrogen (secondary N) is 2. The maximum absolute atomic E-state index is 6.04. The summed E-state index contributed by atoms with van der Waals surface area (Å²) in [5.41, 5.74) is 11.8. The smallest absolute Gasteiger partial charge is 0.229 e. The fourth-order valence-electron chi connectivity index (χ4n) is 5.60. The van der Waals surface area contributed by atoms with Gasteiger partial charge in [0.25, 0.3) is 0 Å². The van der Waals surface area contributed by atoms with Crippen molar-refractivity contribution in [3.05, 3.63) is 72.1 Å². The monoisotopic (exact) mass is 536 g/mol. The van der Waals surface area contributed by atoms with Gasteiger partial charge in [0.2, 0.25) is 11.9 Å². The van der Waals surface area contributed by atoms with Crippen LogP contribution in [-0.4, -0.2) is 43.8 Å². The number of nitrogens with zero attached hydrogens (tertiary/aromatic N) is 5. The molecule has 9 nitrogen and oxygen atoms in total. The predicted molar refractivity (Wildman–Crippen MR) is 160 cm³/mol. The maximum atomic E-state index is 6.04. The van der Waals surface area contributed by atoms with Gasteiger partial charge in [0.1, 0.15) is 0 Å². The van der Waals surface area contributed by atoms with Crippen LogP contribution >= 0.6 is 0 Å². The zero-order chi connectivity index (χ0) is 27.6. The summed E-state index contributed by atoms with van der Waals surface area (Å²) in [6.45, 7) is 4.86. The molecule has 6 rings (SSSR count). The second-order valence-corrected chi connectivity index (χ2v) is 10.9. The number of nitrogen functional groups attached to an aromatic ring is 1. The highest BCUT2D eigenvalue weighted by Gasteiger charge is 2.23. The summed E-state index contributed by atoms with van der Waals surface area (Å²) in [7, 11) is 1.80. The van der Waals surface area contributed by atoms with Crippen molar-refractivity contribution in [2.45, 2.75) is 64.1 Å². The summed E-state index contributed by atoms with van der Waals surface area (Å²) in [5.74, 6) is 1.57. The first kappa shape index (κ1) is 26.0. The number of anilines is 3. The summed E-state index contributed by atoms with van der Waals surface area (Å²) in [6.07, 6.45) is 8.22. The zero-order valence-corrected chi connectivity index (χ0v) is 23.3. The number of hydrogen-bond donors (Lipinski definition) is 3. The van der Waals surface area contributed by atoms with Crippen molar-refractivity contribution < 1.29 is 4.74 Å². The lowest BCUT2D eigenvalue weighted by molar-refractivity contribution is 0.0681. The van der Waals surface area contributed by atoms with Crippen LogP contribution in [0.2, 0.25) is 0 Å². The second kappa shape index (κ2) is 11.1. The van der Waals surface area contributed by atoms with E-state index in [-0.39, 0.29) is 5.92 Å². The van der Waals surface area contributed by atoms with Gasteiger partial charge in [0.15, 0.2) is 5.65 Å². The minimum atomic E-state index is 0.289. The molecule has 4 N–H and O–H groups in total. The van der Waals surface area contributed by atoms with E-state index in [1.807, 2.05) is 53.3 Å².